The fourth-order valence-corrected chi connectivity index (χ4v) is 10.5. The number of allylic oxidation sites excluding steroid dienone is 3. The second kappa shape index (κ2) is 16.0. The molecule has 2 aliphatic rings. The number of hydrogen-bond donors (Lipinski definition) is 0. The summed E-state index contributed by atoms with van der Waals surface area (Å²) in [5, 5.41) is 1.27. The maximum Gasteiger partial charge on any atom is 0.0629 e. The van der Waals surface area contributed by atoms with E-state index < -0.39 is 0 Å². The molecule has 0 saturated carbocycles. The van der Waals surface area contributed by atoms with Gasteiger partial charge in [-0.15, -0.1) is 0 Å². The van der Waals surface area contributed by atoms with Gasteiger partial charge in [0.25, 0.3) is 0 Å². The zero-order valence-electron chi connectivity index (χ0n) is 35.9. The molecule has 0 fully saturated rings. The Balaban J connectivity index is 1.16. The van der Waals surface area contributed by atoms with Crippen LogP contribution in [-0.2, 0) is 0 Å². The Morgan fingerprint density at radius 3 is 1.52 bits per heavy atom. The number of benzene rings is 8. The average molecular weight is 809 g/mol. The van der Waals surface area contributed by atoms with Gasteiger partial charge in [-0.05, 0) is 136 Å². The van der Waals surface area contributed by atoms with E-state index >= 15 is 0 Å². The van der Waals surface area contributed by atoms with Gasteiger partial charge in [-0.2, -0.15) is 0 Å². The summed E-state index contributed by atoms with van der Waals surface area (Å²) in [5.41, 5.74) is 22.1. The van der Waals surface area contributed by atoms with Crippen LogP contribution in [0.1, 0.15) is 35.2 Å². The van der Waals surface area contributed by atoms with Crippen LogP contribution in [0.5, 0.6) is 0 Å². The Morgan fingerprint density at radius 2 is 0.905 bits per heavy atom. The first-order chi connectivity index (χ1) is 31.1. The predicted molar refractivity (Wildman–Crippen MR) is 268 cm³/mol. The average Bonchev–Trinajstić information content (AvgIpc) is 3.83. The second-order valence-electron chi connectivity index (χ2n) is 16.8. The molecule has 2 unspecified atom stereocenters. The van der Waals surface area contributed by atoms with Crippen LogP contribution in [0, 0.1) is 13.8 Å². The van der Waals surface area contributed by atoms with Crippen LogP contribution in [0.3, 0.4) is 0 Å². The number of nitrogens with zero attached hydrogens (tertiary/aromatic N) is 2. The van der Waals surface area contributed by atoms with Gasteiger partial charge in [-0.25, -0.2) is 0 Å². The van der Waals surface area contributed by atoms with E-state index in [1.165, 1.54) is 100 Å². The van der Waals surface area contributed by atoms with Crippen molar-refractivity contribution in [1.82, 2.24) is 4.57 Å². The van der Waals surface area contributed by atoms with E-state index in [0.29, 0.717) is 5.92 Å². The third-order valence-corrected chi connectivity index (χ3v) is 13.2. The molecule has 0 bridgehead atoms. The molecule has 2 heterocycles. The SMILES string of the molecule is C/C=C\c1c(C)c2ccccc2n1-c1ccc(-c2c(-c3ccccc3)c(C)c(-c3ccc(N4c5ccccc5C5C=CC=CC54)cc3)c(-c3ccccc3)c2-c2ccccc2)cc1. The molecule has 63 heavy (non-hydrogen) atoms. The van der Waals surface area contributed by atoms with E-state index in [1.807, 2.05) is 0 Å². The molecule has 0 saturated heterocycles. The molecule has 2 nitrogen and oxygen atoms in total. The minimum Gasteiger partial charge on any atom is -0.333 e. The van der Waals surface area contributed by atoms with Crippen LogP contribution in [0.15, 0.2) is 218 Å². The molecule has 2 heteroatoms. The van der Waals surface area contributed by atoms with E-state index in [9.17, 15) is 0 Å². The molecule has 0 N–H and O–H groups in total. The largest absolute Gasteiger partial charge is 0.333 e. The topological polar surface area (TPSA) is 8.17 Å². The number of para-hydroxylation sites is 2. The summed E-state index contributed by atoms with van der Waals surface area (Å²) in [5.74, 6) is 0.336. The summed E-state index contributed by atoms with van der Waals surface area (Å²) in [6.07, 6.45) is 13.5. The van der Waals surface area contributed by atoms with E-state index in [0.717, 1.165) is 5.69 Å². The van der Waals surface area contributed by atoms with Gasteiger partial charge in [0.2, 0.25) is 0 Å². The van der Waals surface area contributed by atoms with Crippen LogP contribution in [0.2, 0.25) is 0 Å². The van der Waals surface area contributed by atoms with Crippen molar-refractivity contribution in [2.45, 2.75) is 32.7 Å². The number of rotatable bonds is 8. The molecule has 8 aromatic carbocycles. The van der Waals surface area contributed by atoms with E-state index in [4.69, 9.17) is 0 Å². The Morgan fingerprint density at radius 1 is 0.429 bits per heavy atom. The normalized spacial score (nSPS) is 15.3. The molecule has 2 atom stereocenters. The van der Waals surface area contributed by atoms with Crippen LogP contribution < -0.4 is 4.90 Å². The van der Waals surface area contributed by atoms with Crippen molar-refractivity contribution in [3.05, 3.63) is 241 Å². The van der Waals surface area contributed by atoms with Gasteiger partial charge in [-0.1, -0.05) is 182 Å². The first-order valence-corrected chi connectivity index (χ1v) is 22.1. The molecular weight excluding hydrogens is 761 g/mol. The van der Waals surface area contributed by atoms with Crippen molar-refractivity contribution in [3.8, 4) is 61.3 Å². The lowest BCUT2D eigenvalue weighted by molar-refractivity contribution is 0.745. The highest BCUT2D eigenvalue weighted by Crippen LogP contribution is 2.53. The maximum absolute atomic E-state index is 2.52. The summed E-state index contributed by atoms with van der Waals surface area (Å²) in [6.45, 7) is 6.67. The number of fused-ring (bicyclic) bond motifs is 4. The van der Waals surface area contributed by atoms with Crippen molar-refractivity contribution in [1.29, 1.82) is 0 Å². The summed E-state index contributed by atoms with van der Waals surface area (Å²) in [4.78, 5) is 2.52. The van der Waals surface area contributed by atoms with Crippen molar-refractivity contribution in [2.75, 3.05) is 4.90 Å². The summed E-state index contributed by atoms with van der Waals surface area (Å²) in [6, 6.07) is 69.6. The highest BCUT2D eigenvalue weighted by molar-refractivity contribution is 6.09. The number of aromatic nitrogens is 1. The van der Waals surface area contributed by atoms with Gasteiger partial charge in [-0.3, -0.25) is 0 Å². The molecule has 0 radical (unpaired) electrons. The third-order valence-electron chi connectivity index (χ3n) is 13.2. The minimum atomic E-state index is 0.245. The van der Waals surface area contributed by atoms with Gasteiger partial charge in [0.1, 0.15) is 0 Å². The van der Waals surface area contributed by atoms with Crippen LogP contribution >= 0.6 is 0 Å². The summed E-state index contributed by atoms with van der Waals surface area (Å²) >= 11 is 0. The lowest BCUT2D eigenvalue weighted by atomic mass is 9.76. The van der Waals surface area contributed by atoms with Gasteiger partial charge >= 0.3 is 0 Å². The van der Waals surface area contributed by atoms with Gasteiger partial charge in [0.05, 0.1) is 11.6 Å². The lowest BCUT2D eigenvalue weighted by Crippen LogP contribution is -2.28. The number of anilines is 2. The Hall–Kier alpha value is -7.68. The second-order valence-corrected chi connectivity index (χ2v) is 16.8. The molecule has 0 amide bonds. The van der Waals surface area contributed by atoms with Crippen molar-refractivity contribution < 1.29 is 0 Å². The minimum absolute atomic E-state index is 0.245. The van der Waals surface area contributed by atoms with Crippen LogP contribution in [-0.4, -0.2) is 10.6 Å². The first kappa shape index (κ1) is 38.3. The van der Waals surface area contributed by atoms with Crippen molar-refractivity contribution >= 4 is 28.4 Å². The smallest absolute Gasteiger partial charge is 0.0629 e. The predicted octanol–water partition coefficient (Wildman–Crippen LogP) is 16.3. The number of aryl methyl sites for hydroxylation is 1. The molecule has 1 aliphatic carbocycles. The molecular formula is C61H48N2. The fourth-order valence-electron chi connectivity index (χ4n) is 10.5. The first-order valence-electron chi connectivity index (χ1n) is 22.1. The summed E-state index contributed by atoms with van der Waals surface area (Å²) < 4.78 is 2.40. The highest BCUT2D eigenvalue weighted by Gasteiger charge is 2.37. The molecule has 302 valence electrons. The highest BCUT2D eigenvalue weighted by atomic mass is 15.2. The van der Waals surface area contributed by atoms with Crippen LogP contribution in [0.25, 0.3) is 78.3 Å². The zero-order chi connectivity index (χ0) is 42.4. The zero-order valence-corrected chi connectivity index (χ0v) is 35.9. The quantitative estimate of drug-likeness (QED) is 0.148. The van der Waals surface area contributed by atoms with Gasteiger partial charge in [0.15, 0.2) is 0 Å². The Bertz CT molecular complexity index is 3220. The monoisotopic (exact) mass is 808 g/mol. The maximum atomic E-state index is 2.52. The van der Waals surface area contributed by atoms with E-state index in [2.05, 4.69) is 255 Å². The van der Waals surface area contributed by atoms with Crippen LogP contribution in [0.4, 0.5) is 11.4 Å². The summed E-state index contributed by atoms with van der Waals surface area (Å²) in [7, 11) is 0. The lowest BCUT2D eigenvalue weighted by Gasteiger charge is -2.29. The molecule has 1 aliphatic heterocycles. The van der Waals surface area contributed by atoms with E-state index in [-0.39, 0.29) is 6.04 Å². The van der Waals surface area contributed by atoms with Gasteiger partial charge < -0.3 is 9.47 Å². The Kier molecular flexibility index (Phi) is 9.70. The molecule has 9 aromatic rings. The molecule has 0 spiro atoms. The van der Waals surface area contributed by atoms with Crippen molar-refractivity contribution in [2.24, 2.45) is 0 Å². The molecule has 11 rings (SSSR count). The number of hydrogen-bond acceptors (Lipinski definition) is 1. The standard InChI is InChI=1S/C61H48N2/c1-4-20-53-41(2)50-27-14-17-30-54(50)62(53)48-39-35-47(36-40-48)60-57(43-21-8-5-9-22-43)42(3)58(59(44-23-10-6-11-24-44)61(60)45-25-12-7-13-26-45)46-33-37-49(38-34-46)63-55-31-18-15-28-51(55)52-29-16-19-32-56(52)63/h4-40,51,55H,1-3H3/b20-4-. The Labute approximate surface area is 371 Å². The van der Waals surface area contributed by atoms with E-state index in [1.54, 1.807) is 0 Å². The fraction of sp³-hybridized carbons (Fsp3) is 0.0820. The van der Waals surface area contributed by atoms with Gasteiger partial charge in [0, 0.05) is 34.1 Å². The van der Waals surface area contributed by atoms with Crippen molar-refractivity contribution in [3.63, 3.8) is 0 Å². The molecule has 1 aromatic heterocycles. The third kappa shape index (κ3) is 6.41.